The Morgan fingerprint density at radius 2 is 1.88 bits per heavy atom. The lowest BCUT2D eigenvalue weighted by Gasteiger charge is -2.04. The lowest BCUT2D eigenvalue weighted by molar-refractivity contribution is 1.07. The maximum Gasteiger partial charge on any atom is 0.229 e. The van der Waals surface area contributed by atoms with Crippen molar-refractivity contribution in [3.63, 3.8) is 0 Å². The maximum atomic E-state index is 6.08. The first kappa shape index (κ1) is 10.5. The summed E-state index contributed by atoms with van der Waals surface area (Å²) in [7, 11) is 0. The minimum absolute atomic E-state index is 0.377. The number of nitrogens with zero attached hydrogens (tertiary/aromatic N) is 3. The zero-order chi connectivity index (χ0) is 11.7. The van der Waals surface area contributed by atoms with Crippen LogP contribution in [0.15, 0.2) is 47.2 Å². The van der Waals surface area contributed by atoms with Crippen LogP contribution in [-0.2, 0) is 0 Å². The standard InChI is InChI=1S/C12H8ClN3S/c13-12-15-14-11(9-4-2-1-3-5-9)16(12)10-6-7-17-8-10/h1-8H. The first-order valence-corrected chi connectivity index (χ1v) is 6.37. The fourth-order valence-electron chi connectivity index (χ4n) is 1.65. The SMILES string of the molecule is Clc1nnc(-c2ccccc2)n1-c1ccsc1. The summed E-state index contributed by atoms with van der Waals surface area (Å²) < 4.78 is 1.84. The first-order chi connectivity index (χ1) is 8.36. The molecule has 0 aliphatic heterocycles. The summed E-state index contributed by atoms with van der Waals surface area (Å²) in [5, 5.41) is 12.5. The Balaban J connectivity index is 2.20. The van der Waals surface area contributed by atoms with E-state index in [1.807, 2.05) is 51.7 Å². The van der Waals surface area contributed by atoms with E-state index in [9.17, 15) is 0 Å². The molecule has 0 amide bonds. The van der Waals surface area contributed by atoms with E-state index >= 15 is 0 Å². The molecule has 5 heteroatoms. The molecule has 3 nitrogen and oxygen atoms in total. The van der Waals surface area contributed by atoms with Gasteiger partial charge in [-0.15, -0.1) is 10.2 Å². The molecule has 0 atom stereocenters. The van der Waals surface area contributed by atoms with Crippen LogP contribution in [0.25, 0.3) is 17.1 Å². The number of halogens is 1. The van der Waals surface area contributed by atoms with E-state index in [2.05, 4.69) is 10.2 Å². The van der Waals surface area contributed by atoms with Crippen LogP contribution in [0.1, 0.15) is 0 Å². The van der Waals surface area contributed by atoms with Crippen molar-refractivity contribution in [1.29, 1.82) is 0 Å². The highest BCUT2D eigenvalue weighted by molar-refractivity contribution is 7.08. The van der Waals surface area contributed by atoms with Gasteiger partial charge in [-0.2, -0.15) is 11.3 Å². The molecule has 17 heavy (non-hydrogen) atoms. The van der Waals surface area contributed by atoms with Gasteiger partial charge in [0.1, 0.15) is 0 Å². The molecule has 0 N–H and O–H groups in total. The maximum absolute atomic E-state index is 6.08. The van der Waals surface area contributed by atoms with E-state index in [1.165, 1.54) is 0 Å². The summed E-state index contributed by atoms with van der Waals surface area (Å²) in [4.78, 5) is 0. The van der Waals surface area contributed by atoms with Crippen molar-refractivity contribution in [2.45, 2.75) is 0 Å². The number of benzene rings is 1. The third-order valence-corrected chi connectivity index (χ3v) is 3.34. The molecule has 0 bridgehead atoms. The van der Waals surface area contributed by atoms with E-state index < -0.39 is 0 Å². The summed E-state index contributed by atoms with van der Waals surface area (Å²) in [5.74, 6) is 0.758. The number of aromatic nitrogens is 3. The molecule has 0 fully saturated rings. The molecule has 0 saturated heterocycles. The molecule has 3 aromatic rings. The lowest BCUT2D eigenvalue weighted by atomic mass is 10.2. The Labute approximate surface area is 107 Å². The van der Waals surface area contributed by atoms with E-state index in [0.717, 1.165) is 17.1 Å². The summed E-state index contributed by atoms with van der Waals surface area (Å²) >= 11 is 7.70. The van der Waals surface area contributed by atoms with Gasteiger partial charge in [-0.25, -0.2) is 0 Å². The highest BCUT2D eigenvalue weighted by Crippen LogP contribution is 2.25. The normalized spacial score (nSPS) is 10.6. The summed E-state index contributed by atoms with van der Waals surface area (Å²) in [6, 6.07) is 11.9. The minimum atomic E-state index is 0.377. The Morgan fingerprint density at radius 1 is 1.06 bits per heavy atom. The second-order valence-corrected chi connectivity index (χ2v) is 4.59. The van der Waals surface area contributed by atoms with Gasteiger partial charge >= 0.3 is 0 Å². The van der Waals surface area contributed by atoms with Gasteiger partial charge in [0, 0.05) is 10.9 Å². The van der Waals surface area contributed by atoms with E-state index in [-0.39, 0.29) is 0 Å². The number of thiophene rings is 1. The molecule has 3 rings (SSSR count). The number of rotatable bonds is 2. The quantitative estimate of drug-likeness (QED) is 0.705. The molecule has 2 heterocycles. The summed E-state index contributed by atoms with van der Waals surface area (Å²) in [6.07, 6.45) is 0. The molecule has 0 aliphatic rings. The van der Waals surface area contributed by atoms with Crippen molar-refractivity contribution in [3.8, 4) is 17.1 Å². The molecule has 1 aromatic carbocycles. The lowest BCUT2D eigenvalue weighted by Crippen LogP contribution is -1.95. The number of hydrogen-bond acceptors (Lipinski definition) is 3. The van der Waals surface area contributed by atoms with Gasteiger partial charge in [0.2, 0.25) is 5.28 Å². The Kier molecular flexibility index (Phi) is 2.66. The molecular weight excluding hydrogens is 254 g/mol. The van der Waals surface area contributed by atoms with Crippen molar-refractivity contribution in [2.24, 2.45) is 0 Å². The summed E-state index contributed by atoms with van der Waals surface area (Å²) in [6.45, 7) is 0. The van der Waals surface area contributed by atoms with Crippen LogP contribution in [0.3, 0.4) is 0 Å². The van der Waals surface area contributed by atoms with Crippen molar-refractivity contribution in [2.75, 3.05) is 0 Å². The van der Waals surface area contributed by atoms with Crippen LogP contribution in [0.5, 0.6) is 0 Å². The minimum Gasteiger partial charge on any atom is -0.265 e. The highest BCUT2D eigenvalue weighted by Gasteiger charge is 2.13. The van der Waals surface area contributed by atoms with Crippen LogP contribution in [0.4, 0.5) is 0 Å². The zero-order valence-electron chi connectivity index (χ0n) is 8.75. The van der Waals surface area contributed by atoms with Gasteiger partial charge in [0.25, 0.3) is 0 Å². The topological polar surface area (TPSA) is 30.7 Å². The van der Waals surface area contributed by atoms with Gasteiger partial charge in [0.15, 0.2) is 5.82 Å². The summed E-state index contributed by atoms with van der Waals surface area (Å²) in [5.41, 5.74) is 1.99. The second kappa shape index (κ2) is 4.31. The van der Waals surface area contributed by atoms with E-state index in [0.29, 0.717) is 5.28 Å². The first-order valence-electron chi connectivity index (χ1n) is 5.05. The van der Waals surface area contributed by atoms with Crippen LogP contribution in [0, 0.1) is 0 Å². The van der Waals surface area contributed by atoms with Gasteiger partial charge in [-0.3, -0.25) is 4.57 Å². The second-order valence-electron chi connectivity index (χ2n) is 3.48. The number of hydrogen-bond donors (Lipinski definition) is 0. The Hall–Kier alpha value is -1.65. The molecule has 84 valence electrons. The van der Waals surface area contributed by atoms with Gasteiger partial charge in [0.05, 0.1) is 5.69 Å². The van der Waals surface area contributed by atoms with E-state index in [4.69, 9.17) is 11.6 Å². The highest BCUT2D eigenvalue weighted by atomic mass is 35.5. The van der Waals surface area contributed by atoms with Gasteiger partial charge in [-0.1, -0.05) is 30.3 Å². The molecule has 0 aliphatic carbocycles. The average Bonchev–Trinajstić information content (AvgIpc) is 2.99. The van der Waals surface area contributed by atoms with Crippen LogP contribution >= 0.6 is 22.9 Å². The van der Waals surface area contributed by atoms with Crippen molar-refractivity contribution < 1.29 is 0 Å². The van der Waals surface area contributed by atoms with Gasteiger partial charge in [-0.05, 0) is 23.0 Å². The molecule has 0 spiro atoms. The molecule has 0 unspecified atom stereocenters. The van der Waals surface area contributed by atoms with E-state index in [1.54, 1.807) is 11.3 Å². The van der Waals surface area contributed by atoms with Crippen LogP contribution in [-0.4, -0.2) is 14.8 Å². The van der Waals surface area contributed by atoms with Gasteiger partial charge < -0.3 is 0 Å². The fraction of sp³-hybridized carbons (Fsp3) is 0. The molecule has 0 radical (unpaired) electrons. The van der Waals surface area contributed by atoms with Crippen LogP contribution < -0.4 is 0 Å². The molecular formula is C12H8ClN3S. The average molecular weight is 262 g/mol. The van der Waals surface area contributed by atoms with Crippen molar-refractivity contribution in [1.82, 2.24) is 14.8 Å². The smallest absolute Gasteiger partial charge is 0.229 e. The zero-order valence-corrected chi connectivity index (χ0v) is 10.3. The monoisotopic (exact) mass is 261 g/mol. The Morgan fingerprint density at radius 3 is 2.59 bits per heavy atom. The third kappa shape index (κ3) is 1.85. The Bertz CT molecular complexity index is 617. The molecule has 0 saturated carbocycles. The van der Waals surface area contributed by atoms with Crippen molar-refractivity contribution >= 4 is 22.9 Å². The van der Waals surface area contributed by atoms with Crippen LogP contribution in [0.2, 0.25) is 5.28 Å². The predicted molar refractivity (Wildman–Crippen MR) is 69.7 cm³/mol. The molecule has 2 aromatic heterocycles. The fourth-order valence-corrected chi connectivity index (χ4v) is 2.49. The van der Waals surface area contributed by atoms with Crippen molar-refractivity contribution in [3.05, 3.63) is 52.4 Å². The largest absolute Gasteiger partial charge is 0.265 e. The predicted octanol–water partition coefficient (Wildman–Crippen LogP) is 3.65. The third-order valence-electron chi connectivity index (χ3n) is 2.42.